The van der Waals surface area contributed by atoms with Crippen molar-refractivity contribution in [2.24, 2.45) is 0 Å². The number of aromatic nitrogens is 2. The van der Waals surface area contributed by atoms with E-state index in [9.17, 15) is 4.79 Å². The van der Waals surface area contributed by atoms with Crippen molar-refractivity contribution in [1.29, 1.82) is 0 Å². The molecule has 4 nitrogen and oxygen atoms in total. The van der Waals surface area contributed by atoms with Crippen molar-refractivity contribution in [3.05, 3.63) is 77.5 Å². The monoisotopic (exact) mass is 373 g/mol. The third-order valence-electron chi connectivity index (χ3n) is 4.49. The quantitative estimate of drug-likeness (QED) is 0.538. The molecule has 2 heterocycles. The van der Waals surface area contributed by atoms with E-state index in [0.717, 1.165) is 37.7 Å². The van der Waals surface area contributed by atoms with Crippen LogP contribution in [0.2, 0.25) is 0 Å². The predicted octanol–water partition coefficient (Wildman–Crippen LogP) is 5.16. The van der Waals surface area contributed by atoms with E-state index in [-0.39, 0.29) is 5.91 Å². The minimum Gasteiger partial charge on any atom is -0.326 e. The van der Waals surface area contributed by atoms with Gasteiger partial charge in [0.15, 0.2) is 0 Å². The van der Waals surface area contributed by atoms with Gasteiger partial charge in [0.25, 0.3) is 0 Å². The molecule has 0 aliphatic carbocycles. The highest BCUT2D eigenvalue weighted by Gasteiger charge is 2.13. The molecule has 0 fully saturated rings. The van der Waals surface area contributed by atoms with Crippen molar-refractivity contribution >= 4 is 33.3 Å². The van der Waals surface area contributed by atoms with E-state index in [1.54, 1.807) is 17.5 Å². The summed E-state index contributed by atoms with van der Waals surface area (Å²) in [7, 11) is 0. The molecular formula is C22H19N3OS. The maximum Gasteiger partial charge on any atom is 0.228 e. The number of hydrogen-bond donors (Lipinski definition) is 1. The van der Waals surface area contributed by atoms with Gasteiger partial charge in [-0.05, 0) is 43.2 Å². The predicted molar refractivity (Wildman–Crippen MR) is 111 cm³/mol. The molecule has 0 bridgehead atoms. The van der Waals surface area contributed by atoms with Crippen LogP contribution in [0.25, 0.3) is 20.9 Å². The van der Waals surface area contributed by atoms with Gasteiger partial charge in [-0.15, -0.1) is 0 Å². The summed E-state index contributed by atoms with van der Waals surface area (Å²) in [6.07, 6.45) is 2.13. The Kier molecular flexibility index (Phi) is 4.69. The van der Waals surface area contributed by atoms with Crippen LogP contribution in [0.15, 0.2) is 60.8 Å². The summed E-state index contributed by atoms with van der Waals surface area (Å²) in [6, 6.07) is 17.8. The van der Waals surface area contributed by atoms with E-state index in [0.29, 0.717) is 6.42 Å². The third-order valence-corrected chi connectivity index (χ3v) is 5.50. The number of pyridine rings is 1. The van der Waals surface area contributed by atoms with E-state index >= 15 is 0 Å². The number of carbonyl (C=O) groups excluding carboxylic acids is 1. The van der Waals surface area contributed by atoms with Gasteiger partial charge in [0.1, 0.15) is 15.4 Å². The molecular weight excluding hydrogens is 354 g/mol. The Bertz CT molecular complexity index is 1080. The molecule has 0 saturated heterocycles. The Hall–Kier alpha value is -3.05. The van der Waals surface area contributed by atoms with Crippen molar-refractivity contribution < 1.29 is 4.79 Å². The van der Waals surface area contributed by atoms with Gasteiger partial charge in [0.2, 0.25) is 5.91 Å². The smallest absolute Gasteiger partial charge is 0.228 e. The van der Waals surface area contributed by atoms with Gasteiger partial charge in [-0.25, -0.2) is 9.97 Å². The van der Waals surface area contributed by atoms with Gasteiger partial charge in [0, 0.05) is 17.4 Å². The fourth-order valence-electron chi connectivity index (χ4n) is 2.97. The van der Waals surface area contributed by atoms with Crippen LogP contribution in [0.4, 0.5) is 5.69 Å². The number of nitrogens with zero attached hydrogens (tertiary/aromatic N) is 2. The fraction of sp³-hybridized carbons (Fsp3) is 0.136. The van der Waals surface area contributed by atoms with Gasteiger partial charge in [-0.2, -0.15) is 0 Å². The summed E-state index contributed by atoms with van der Waals surface area (Å²) in [6.45, 7) is 4.05. The lowest BCUT2D eigenvalue weighted by Crippen LogP contribution is -2.15. The van der Waals surface area contributed by atoms with Crippen molar-refractivity contribution in [2.45, 2.75) is 20.3 Å². The second kappa shape index (κ2) is 7.29. The van der Waals surface area contributed by atoms with Gasteiger partial charge in [-0.1, -0.05) is 53.3 Å². The SMILES string of the molecule is Cc1ccc(CC(=O)Nc2cccc(-c3nc4cccnc4s3)c2C)cc1. The highest BCUT2D eigenvalue weighted by atomic mass is 32.1. The average Bonchev–Trinajstić information content (AvgIpc) is 3.09. The maximum atomic E-state index is 12.5. The largest absolute Gasteiger partial charge is 0.326 e. The first-order valence-electron chi connectivity index (χ1n) is 8.77. The molecule has 0 aliphatic heterocycles. The molecule has 4 rings (SSSR count). The Morgan fingerprint density at radius 3 is 2.63 bits per heavy atom. The number of carbonyl (C=O) groups is 1. The summed E-state index contributed by atoms with van der Waals surface area (Å²) >= 11 is 1.56. The molecule has 134 valence electrons. The molecule has 2 aromatic heterocycles. The Morgan fingerprint density at radius 2 is 1.85 bits per heavy atom. The van der Waals surface area contributed by atoms with E-state index in [1.807, 2.05) is 68.4 Å². The Morgan fingerprint density at radius 1 is 1.04 bits per heavy atom. The third kappa shape index (κ3) is 3.73. The van der Waals surface area contributed by atoms with Crippen molar-refractivity contribution in [3.8, 4) is 10.6 Å². The lowest BCUT2D eigenvalue weighted by molar-refractivity contribution is -0.115. The van der Waals surface area contributed by atoms with Gasteiger partial charge >= 0.3 is 0 Å². The first-order chi connectivity index (χ1) is 13.1. The second-order valence-electron chi connectivity index (χ2n) is 6.54. The summed E-state index contributed by atoms with van der Waals surface area (Å²) < 4.78 is 0. The van der Waals surface area contributed by atoms with E-state index < -0.39 is 0 Å². The Balaban J connectivity index is 1.58. The lowest BCUT2D eigenvalue weighted by Gasteiger charge is -2.11. The molecule has 0 saturated carbocycles. The topological polar surface area (TPSA) is 54.9 Å². The van der Waals surface area contributed by atoms with Crippen LogP contribution in [-0.2, 0) is 11.2 Å². The number of aryl methyl sites for hydroxylation is 1. The zero-order valence-electron chi connectivity index (χ0n) is 15.2. The summed E-state index contributed by atoms with van der Waals surface area (Å²) in [4.78, 5) is 22.4. The summed E-state index contributed by atoms with van der Waals surface area (Å²) in [5, 5.41) is 3.95. The lowest BCUT2D eigenvalue weighted by atomic mass is 10.1. The zero-order chi connectivity index (χ0) is 18.8. The first-order valence-corrected chi connectivity index (χ1v) is 9.59. The van der Waals surface area contributed by atoms with Crippen molar-refractivity contribution in [2.75, 3.05) is 5.32 Å². The molecule has 0 atom stereocenters. The fourth-order valence-corrected chi connectivity index (χ4v) is 3.96. The van der Waals surface area contributed by atoms with E-state index in [4.69, 9.17) is 0 Å². The molecule has 2 aromatic carbocycles. The van der Waals surface area contributed by atoms with Crippen LogP contribution in [-0.4, -0.2) is 15.9 Å². The van der Waals surface area contributed by atoms with Crippen LogP contribution in [0.5, 0.6) is 0 Å². The van der Waals surface area contributed by atoms with Crippen molar-refractivity contribution in [3.63, 3.8) is 0 Å². The number of rotatable bonds is 4. The molecule has 1 amide bonds. The molecule has 4 aromatic rings. The standard InChI is InChI=1S/C22H19N3OS/c1-14-8-10-16(11-9-14)13-20(26)24-18-6-3-5-17(15(18)2)21-25-19-7-4-12-23-22(19)27-21/h3-12H,13H2,1-2H3,(H,24,26). The van der Waals surface area contributed by atoms with Crippen LogP contribution in [0, 0.1) is 13.8 Å². The van der Waals surface area contributed by atoms with Gasteiger partial charge in [-0.3, -0.25) is 4.79 Å². The molecule has 5 heteroatoms. The number of benzene rings is 2. The maximum absolute atomic E-state index is 12.5. The number of hydrogen-bond acceptors (Lipinski definition) is 4. The minimum atomic E-state index is -0.0231. The average molecular weight is 373 g/mol. The zero-order valence-corrected chi connectivity index (χ0v) is 16.0. The number of thiazole rings is 1. The van der Waals surface area contributed by atoms with Crippen LogP contribution in [0.3, 0.4) is 0 Å². The van der Waals surface area contributed by atoms with Crippen LogP contribution in [0.1, 0.15) is 16.7 Å². The molecule has 0 aliphatic rings. The normalized spacial score (nSPS) is 10.9. The first kappa shape index (κ1) is 17.4. The molecule has 27 heavy (non-hydrogen) atoms. The summed E-state index contributed by atoms with van der Waals surface area (Å²) in [5.74, 6) is -0.0231. The highest BCUT2D eigenvalue weighted by Crippen LogP contribution is 2.33. The van der Waals surface area contributed by atoms with E-state index in [2.05, 4.69) is 15.3 Å². The molecule has 0 spiro atoms. The molecule has 0 radical (unpaired) electrons. The Labute approximate surface area is 161 Å². The van der Waals surface area contributed by atoms with Gasteiger partial charge in [0.05, 0.1) is 6.42 Å². The summed E-state index contributed by atoms with van der Waals surface area (Å²) in [5.41, 5.74) is 5.93. The van der Waals surface area contributed by atoms with Gasteiger partial charge < -0.3 is 5.32 Å². The number of amides is 1. The molecule has 1 N–H and O–H groups in total. The van der Waals surface area contributed by atoms with Crippen molar-refractivity contribution in [1.82, 2.24) is 9.97 Å². The van der Waals surface area contributed by atoms with E-state index in [1.165, 1.54) is 5.56 Å². The number of nitrogens with one attached hydrogen (secondary N) is 1. The number of anilines is 1. The highest BCUT2D eigenvalue weighted by molar-refractivity contribution is 7.21. The van der Waals surface area contributed by atoms with Crippen LogP contribution < -0.4 is 5.32 Å². The van der Waals surface area contributed by atoms with Crippen LogP contribution >= 0.6 is 11.3 Å². The number of fused-ring (bicyclic) bond motifs is 1. The molecule has 0 unspecified atom stereocenters. The minimum absolute atomic E-state index is 0.0231. The second-order valence-corrected chi connectivity index (χ2v) is 7.51.